The highest BCUT2D eigenvalue weighted by atomic mass is 35.5. The fraction of sp³-hybridized carbons (Fsp3) is 0.538. The molecular formula is C65H85Cl4N9O14. The summed E-state index contributed by atoms with van der Waals surface area (Å²) in [7, 11) is 4.20. The molecule has 4 atom stereocenters. The van der Waals surface area contributed by atoms with Crippen LogP contribution < -0.4 is 5.32 Å². The SMILES string of the molecule is CN1Cc2c(Cl)cc(Cl)cc2[C@H](c2cccc(-c3cn(CCOCCOCCOCCOCCOCCCC(=O)[C@H](O)[C@@H](O)C(=O)NCCOCCOCCOCCOCCOCCn4cc(-c5cccc([C@@H]6CN(C)Cc7c(Cl)cc(Cl)cc76)c5)nn4)nn3)c2)C1. The summed E-state index contributed by atoms with van der Waals surface area (Å²) in [5.74, 6) is -1.29. The van der Waals surface area contributed by atoms with E-state index in [4.69, 9.17) is 93.8 Å². The van der Waals surface area contributed by atoms with Gasteiger partial charge in [0.05, 0.1) is 151 Å². The zero-order chi connectivity index (χ0) is 64.9. The molecular weight excluding hydrogens is 1270 g/mol. The number of carbonyl (C=O) groups excluding carboxylic acids is 2. The Balaban J connectivity index is 0.529. The molecule has 0 bridgehead atoms. The number of likely N-dealkylation sites (N-methyl/N-ethyl adjacent to an activating group) is 2. The largest absolute Gasteiger partial charge is 0.382 e. The molecule has 23 nitrogen and oxygen atoms in total. The Morgan fingerprint density at radius 1 is 0.511 bits per heavy atom. The summed E-state index contributed by atoms with van der Waals surface area (Å²) in [6, 6.07) is 24.4. The highest BCUT2D eigenvalue weighted by Gasteiger charge is 2.31. The number of hydrogen-bond acceptors (Lipinski definition) is 20. The van der Waals surface area contributed by atoms with E-state index < -0.39 is 23.9 Å². The quantitative estimate of drug-likeness (QED) is 0.0325. The average Bonchev–Trinajstić information content (AvgIpc) is 0.888. The van der Waals surface area contributed by atoms with E-state index >= 15 is 0 Å². The van der Waals surface area contributed by atoms with Crippen LogP contribution in [0.3, 0.4) is 0 Å². The normalized spacial score (nSPS) is 15.8. The summed E-state index contributed by atoms with van der Waals surface area (Å²) in [6.45, 7) is 11.8. The van der Waals surface area contributed by atoms with Gasteiger partial charge in [0.15, 0.2) is 11.9 Å². The lowest BCUT2D eigenvalue weighted by Crippen LogP contribution is -2.46. The summed E-state index contributed by atoms with van der Waals surface area (Å²) < 4.78 is 59.4. The van der Waals surface area contributed by atoms with Crippen molar-refractivity contribution in [2.45, 2.75) is 63.1 Å². The van der Waals surface area contributed by atoms with E-state index in [1.54, 1.807) is 9.36 Å². The van der Waals surface area contributed by atoms with Gasteiger partial charge in [-0.05, 0) is 90.3 Å². The molecule has 0 spiro atoms. The average molecular weight is 1360 g/mol. The van der Waals surface area contributed by atoms with Crippen LogP contribution >= 0.6 is 46.4 Å². The Labute approximate surface area is 557 Å². The number of aromatic nitrogens is 6. The third kappa shape index (κ3) is 23.7. The summed E-state index contributed by atoms with van der Waals surface area (Å²) >= 11 is 26.0. The zero-order valence-corrected chi connectivity index (χ0v) is 55.3. The smallest absolute Gasteiger partial charge is 0.252 e. The summed E-state index contributed by atoms with van der Waals surface area (Å²) in [5.41, 5.74) is 10.4. The first kappa shape index (κ1) is 72.7. The van der Waals surface area contributed by atoms with Crippen LogP contribution in [0.15, 0.2) is 85.2 Å². The number of carbonyl (C=O) groups is 2. The first-order valence-electron chi connectivity index (χ1n) is 31.1. The molecule has 502 valence electrons. The fourth-order valence-corrected chi connectivity index (χ4v) is 11.8. The van der Waals surface area contributed by atoms with Gasteiger partial charge in [-0.25, -0.2) is 9.36 Å². The van der Waals surface area contributed by atoms with Gasteiger partial charge >= 0.3 is 0 Å². The molecule has 0 fully saturated rings. The van der Waals surface area contributed by atoms with Crippen LogP contribution in [0, 0.1) is 0 Å². The van der Waals surface area contributed by atoms with E-state index in [0.717, 1.165) is 82.1 Å². The molecule has 0 saturated carbocycles. The molecule has 92 heavy (non-hydrogen) atoms. The number of ether oxygens (including phenoxy) is 10. The molecule has 3 N–H and O–H groups in total. The molecule has 6 aromatic rings. The van der Waals surface area contributed by atoms with Crippen molar-refractivity contribution in [3.8, 4) is 22.5 Å². The lowest BCUT2D eigenvalue weighted by molar-refractivity contribution is -0.145. The fourth-order valence-electron chi connectivity index (χ4n) is 10.6. The Morgan fingerprint density at radius 3 is 1.30 bits per heavy atom. The molecule has 4 aromatic carbocycles. The number of amides is 1. The molecule has 0 unspecified atom stereocenters. The Bertz CT molecular complexity index is 2990. The summed E-state index contributed by atoms with van der Waals surface area (Å²) in [4.78, 5) is 29.3. The van der Waals surface area contributed by atoms with Crippen LogP contribution in [-0.4, -0.2) is 240 Å². The first-order valence-corrected chi connectivity index (χ1v) is 32.6. The van der Waals surface area contributed by atoms with Crippen molar-refractivity contribution < 1.29 is 67.2 Å². The number of aliphatic hydroxyl groups is 2. The minimum absolute atomic E-state index is 0.0672. The second-order valence-electron chi connectivity index (χ2n) is 22.3. The monoisotopic (exact) mass is 1360 g/mol. The highest BCUT2D eigenvalue weighted by Crippen LogP contribution is 2.41. The van der Waals surface area contributed by atoms with E-state index in [1.807, 2.05) is 60.9 Å². The Hall–Kier alpha value is -5.10. The van der Waals surface area contributed by atoms with Gasteiger partial charge in [0.25, 0.3) is 5.91 Å². The van der Waals surface area contributed by atoms with Crippen LogP contribution in [0.2, 0.25) is 20.1 Å². The van der Waals surface area contributed by atoms with Gasteiger partial charge in [0.1, 0.15) is 17.5 Å². The van der Waals surface area contributed by atoms with Crippen LogP contribution in [0.25, 0.3) is 22.5 Å². The van der Waals surface area contributed by atoms with Gasteiger partial charge in [-0.3, -0.25) is 9.59 Å². The molecule has 0 aliphatic carbocycles. The van der Waals surface area contributed by atoms with Gasteiger partial charge in [-0.15, -0.1) is 10.2 Å². The number of fused-ring (bicyclic) bond motifs is 2. The predicted molar refractivity (Wildman–Crippen MR) is 348 cm³/mol. The molecule has 2 aromatic heterocycles. The zero-order valence-electron chi connectivity index (χ0n) is 52.3. The minimum Gasteiger partial charge on any atom is -0.382 e. The van der Waals surface area contributed by atoms with Crippen LogP contribution in [-0.2, 0) is 83.1 Å². The molecule has 2 aliphatic heterocycles. The van der Waals surface area contributed by atoms with E-state index in [1.165, 1.54) is 0 Å². The standard InChI is InChI=1S/C65H85Cl4N9O14/c1-75-40-54(52-36-50(66)38-58(68)56(52)42-75)46-6-3-8-48(34-46)60-44-77(73-71-60)12-16-85-20-24-89-28-32-91-30-26-87-22-18-83-14-5-10-62(79)63(80)64(81)65(82)70-11-15-84-19-23-88-27-31-92-33-29-90-25-21-86-17-13-78-45-61(72-74-78)49-9-4-7-47(35-49)55-41-76(2)43-57-53(55)37-51(67)39-59(57)69/h3-4,6-9,34-39,44-45,54-55,63-64,80-81H,5,10-33,40-43H2,1-2H3,(H,70,82)/t54-,55-,63-,64+/m0/s1. The van der Waals surface area contributed by atoms with Crippen molar-refractivity contribution in [1.82, 2.24) is 45.1 Å². The highest BCUT2D eigenvalue weighted by molar-refractivity contribution is 6.35. The van der Waals surface area contributed by atoms with Gasteiger partial charge in [-0.1, -0.05) is 93.2 Å². The van der Waals surface area contributed by atoms with Gasteiger partial charge in [-0.2, -0.15) is 0 Å². The van der Waals surface area contributed by atoms with Crippen LogP contribution in [0.4, 0.5) is 0 Å². The summed E-state index contributed by atoms with van der Waals surface area (Å²) in [5, 5.41) is 43.0. The van der Waals surface area contributed by atoms with Crippen molar-refractivity contribution >= 4 is 58.1 Å². The number of nitrogens with zero attached hydrogens (tertiary/aromatic N) is 8. The number of ketones is 1. The number of benzene rings is 4. The number of rotatable bonds is 44. The number of halogens is 4. The van der Waals surface area contributed by atoms with Gasteiger partial charge < -0.3 is 72.7 Å². The predicted octanol–water partition coefficient (Wildman–Crippen LogP) is 7.03. The number of nitrogens with one attached hydrogen (secondary N) is 1. The molecule has 8 rings (SSSR count). The van der Waals surface area contributed by atoms with Crippen molar-refractivity contribution in [3.63, 3.8) is 0 Å². The maximum absolute atomic E-state index is 12.4. The number of Topliss-reactive ketones (excluding diaryl/α,β-unsaturated/α-hetero) is 1. The molecule has 0 saturated heterocycles. The Morgan fingerprint density at radius 2 is 0.891 bits per heavy atom. The number of aliphatic hydroxyl groups excluding tert-OH is 2. The lowest BCUT2D eigenvalue weighted by atomic mass is 9.84. The van der Waals surface area contributed by atoms with Crippen LogP contribution in [0.1, 0.15) is 58.1 Å². The first-order chi connectivity index (χ1) is 44.8. The van der Waals surface area contributed by atoms with Crippen LogP contribution in [0.5, 0.6) is 0 Å². The van der Waals surface area contributed by atoms with E-state index in [-0.39, 0.29) is 44.6 Å². The second-order valence-corrected chi connectivity index (χ2v) is 24.0. The molecule has 4 heterocycles. The molecule has 2 aliphatic rings. The third-order valence-electron chi connectivity index (χ3n) is 15.3. The molecule has 1 amide bonds. The van der Waals surface area contributed by atoms with Gasteiger partial charge in [0, 0.05) is 88.8 Å². The summed E-state index contributed by atoms with van der Waals surface area (Å²) in [6.07, 6.45) is 0.291. The maximum Gasteiger partial charge on any atom is 0.252 e. The molecule has 0 radical (unpaired) electrons. The Kier molecular flexibility index (Phi) is 31.4. The van der Waals surface area contributed by atoms with E-state index in [9.17, 15) is 19.8 Å². The van der Waals surface area contributed by atoms with Gasteiger partial charge in [0.2, 0.25) is 0 Å². The van der Waals surface area contributed by atoms with Crippen molar-refractivity contribution in [2.75, 3.05) is 166 Å². The van der Waals surface area contributed by atoms with Crippen molar-refractivity contribution in [3.05, 3.63) is 139 Å². The van der Waals surface area contributed by atoms with E-state index in [0.29, 0.717) is 152 Å². The second kappa shape index (κ2) is 39.7. The third-order valence-corrected chi connectivity index (χ3v) is 16.4. The lowest BCUT2D eigenvalue weighted by Gasteiger charge is -2.33. The maximum atomic E-state index is 12.4. The van der Waals surface area contributed by atoms with E-state index in [2.05, 4.69) is 74.1 Å². The van der Waals surface area contributed by atoms with Crippen molar-refractivity contribution in [2.24, 2.45) is 0 Å². The minimum atomic E-state index is -1.91. The molecule has 27 heteroatoms. The van der Waals surface area contributed by atoms with Crippen molar-refractivity contribution in [1.29, 1.82) is 0 Å². The number of hydrogen-bond donors (Lipinski definition) is 3. The topological polar surface area (TPSA) is 247 Å².